The molecule has 3 heterocycles. The third-order valence-corrected chi connectivity index (χ3v) is 4.20. The molecule has 1 aliphatic rings. The summed E-state index contributed by atoms with van der Waals surface area (Å²) in [6.45, 7) is -0.397. The maximum absolute atomic E-state index is 12.3. The van der Waals surface area contributed by atoms with Crippen molar-refractivity contribution < 1.29 is 19.0 Å². The highest BCUT2D eigenvalue weighted by Crippen LogP contribution is 2.38. The highest BCUT2D eigenvalue weighted by Gasteiger charge is 2.27. The second-order valence-electron chi connectivity index (χ2n) is 5.94. The van der Waals surface area contributed by atoms with Crippen LogP contribution in [0.4, 0.5) is 11.5 Å². The van der Waals surface area contributed by atoms with E-state index in [9.17, 15) is 14.8 Å². The Labute approximate surface area is 158 Å². The van der Waals surface area contributed by atoms with Crippen LogP contribution in [0.1, 0.15) is 23.1 Å². The number of pyridine rings is 1. The minimum absolute atomic E-state index is 0.0148. The highest BCUT2D eigenvalue weighted by atomic mass is 16.7. The van der Waals surface area contributed by atoms with E-state index in [2.05, 4.69) is 15.5 Å². The van der Waals surface area contributed by atoms with Crippen LogP contribution in [0.5, 0.6) is 11.5 Å². The topological polar surface area (TPSA) is 123 Å². The Balaban J connectivity index is 1.87. The molecule has 28 heavy (non-hydrogen) atoms. The zero-order chi connectivity index (χ0) is 19.5. The van der Waals surface area contributed by atoms with E-state index in [1.807, 2.05) is 0 Å². The maximum atomic E-state index is 12.3. The third kappa shape index (κ3) is 3.30. The zero-order valence-corrected chi connectivity index (χ0v) is 14.5. The van der Waals surface area contributed by atoms with Gasteiger partial charge in [-0.15, -0.1) is 4.91 Å². The first-order chi connectivity index (χ1) is 13.7. The number of hydrogen-bond acceptors (Lipinski definition) is 9. The van der Waals surface area contributed by atoms with Crippen LogP contribution in [0.3, 0.4) is 0 Å². The van der Waals surface area contributed by atoms with Gasteiger partial charge in [0.05, 0.1) is 0 Å². The van der Waals surface area contributed by atoms with Crippen molar-refractivity contribution in [2.45, 2.75) is 12.6 Å². The summed E-state index contributed by atoms with van der Waals surface area (Å²) >= 11 is 0. The first-order valence-electron chi connectivity index (χ1n) is 8.38. The van der Waals surface area contributed by atoms with E-state index in [1.165, 1.54) is 0 Å². The zero-order valence-electron chi connectivity index (χ0n) is 14.5. The number of aliphatic hydroxyl groups excluding tert-OH is 1. The number of hydrogen-bond donors (Lipinski definition) is 2. The molecule has 0 radical (unpaired) electrons. The average Bonchev–Trinajstić information content (AvgIpc) is 3.20. The van der Waals surface area contributed by atoms with Gasteiger partial charge < -0.3 is 24.3 Å². The molecule has 142 valence electrons. The number of ether oxygens (including phenoxy) is 2. The Morgan fingerprint density at radius 2 is 2.04 bits per heavy atom. The van der Waals surface area contributed by atoms with E-state index in [0.717, 1.165) is 6.07 Å². The molecule has 0 saturated heterocycles. The molecular formula is C19H15N3O6. The highest BCUT2D eigenvalue weighted by molar-refractivity contribution is 5.54. The van der Waals surface area contributed by atoms with Crippen molar-refractivity contribution in [3.63, 3.8) is 0 Å². The summed E-state index contributed by atoms with van der Waals surface area (Å²) in [6.07, 6.45) is 1.60. The van der Waals surface area contributed by atoms with Gasteiger partial charge in [-0.25, -0.2) is 4.98 Å². The summed E-state index contributed by atoms with van der Waals surface area (Å²) in [4.78, 5) is 27.9. The predicted octanol–water partition coefficient (Wildman–Crippen LogP) is 2.86. The van der Waals surface area contributed by atoms with Gasteiger partial charge in [0.2, 0.25) is 12.2 Å². The quantitative estimate of drug-likeness (QED) is 0.625. The van der Waals surface area contributed by atoms with Gasteiger partial charge in [0.1, 0.15) is 24.2 Å². The van der Waals surface area contributed by atoms with E-state index in [1.54, 1.807) is 42.6 Å². The Hall–Kier alpha value is -3.72. The number of aliphatic hydroxyl groups is 1. The molecule has 0 saturated carbocycles. The van der Waals surface area contributed by atoms with Gasteiger partial charge >= 0.3 is 0 Å². The van der Waals surface area contributed by atoms with Crippen LogP contribution >= 0.6 is 0 Å². The number of nitrogens with one attached hydrogen (secondary N) is 1. The van der Waals surface area contributed by atoms with Crippen molar-refractivity contribution in [1.82, 2.24) is 4.98 Å². The molecule has 1 unspecified atom stereocenters. The molecule has 0 aliphatic carbocycles. The molecule has 2 N–H and O–H groups in total. The van der Waals surface area contributed by atoms with E-state index in [4.69, 9.17) is 13.9 Å². The van der Waals surface area contributed by atoms with Gasteiger partial charge in [0.25, 0.3) is 0 Å². The molecule has 1 aliphatic heterocycles. The molecule has 9 heteroatoms. The summed E-state index contributed by atoms with van der Waals surface area (Å²) in [5.74, 6) is 1.57. The van der Waals surface area contributed by atoms with Crippen molar-refractivity contribution in [2.75, 3.05) is 12.1 Å². The van der Waals surface area contributed by atoms with Gasteiger partial charge in [-0.2, -0.15) is 0 Å². The Morgan fingerprint density at radius 1 is 1.18 bits per heavy atom. The number of anilines is 1. The number of nitrogens with zero attached hydrogens (tertiary/aromatic N) is 2. The van der Waals surface area contributed by atoms with Gasteiger partial charge in [-0.1, -0.05) is 12.1 Å². The predicted molar refractivity (Wildman–Crippen MR) is 98.6 cm³/mol. The lowest BCUT2D eigenvalue weighted by Gasteiger charge is -2.20. The first kappa shape index (κ1) is 17.7. The number of aromatic nitrogens is 1. The van der Waals surface area contributed by atoms with Crippen LogP contribution < -0.4 is 20.2 Å². The second-order valence-corrected chi connectivity index (χ2v) is 5.94. The molecule has 0 bridgehead atoms. The minimum atomic E-state index is -0.795. The molecular weight excluding hydrogens is 366 g/mol. The fourth-order valence-corrected chi connectivity index (χ4v) is 2.91. The first-order valence-corrected chi connectivity index (χ1v) is 8.38. The van der Waals surface area contributed by atoms with Gasteiger partial charge in [0.15, 0.2) is 22.9 Å². The van der Waals surface area contributed by atoms with Crippen LogP contribution in [0.15, 0.2) is 63.0 Å². The lowest BCUT2D eigenvalue weighted by atomic mass is 10.0. The molecule has 0 amide bonds. The van der Waals surface area contributed by atoms with Crippen LogP contribution in [0.2, 0.25) is 0 Å². The van der Waals surface area contributed by atoms with Crippen LogP contribution in [-0.4, -0.2) is 16.9 Å². The van der Waals surface area contributed by atoms with E-state index < -0.39 is 18.1 Å². The largest absolute Gasteiger partial charge is 0.458 e. The Morgan fingerprint density at radius 3 is 2.79 bits per heavy atom. The molecule has 2 aromatic heterocycles. The van der Waals surface area contributed by atoms with E-state index >= 15 is 0 Å². The molecule has 1 atom stereocenters. The average molecular weight is 381 g/mol. The fourth-order valence-electron chi connectivity index (χ4n) is 2.91. The van der Waals surface area contributed by atoms with E-state index in [-0.39, 0.29) is 24.0 Å². The van der Waals surface area contributed by atoms with Crippen LogP contribution in [0.25, 0.3) is 0 Å². The van der Waals surface area contributed by atoms with Crippen molar-refractivity contribution in [3.8, 4) is 11.5 Å². The molecule has 1 aromatic carbocycles. The molecule has 4 rings (SSSR count). The Bertz CT molecular complexity index is 1070. The lowest BCUT2D eigenvalue weighted by molar-refractivity contribution is 0.174. The standard InChI is InChI=1S/C19H15N3O6/c23-9-12-8-13(24)18(22-25)19(28-12)17(21-16-3-1-2-6-20-16)11-4-5-14-15(7-11)27-10-26-14/h1-8,17,23H,9-10H2,(H,20,21). The smallest absolute Gasteiger partial charge is 0.231 e. The van der Waals surface area contributed by atoms with Crippen molar-refractivity contribution in [3.05, 3.63) is 80.9 Å². The normalized spacial score (nSPS) is 13.2. The van der Waals surface area contributed by atoms with E-state index in [0.29, 0.717) is 22.9 Å². The monoisotopic (exact) mass is 381 g/mol. The third-order valence-electron chi connectivity index (χ3n) is 4.20. The Kier molecular flexibility index (Phi) is 4.73. The lowest BCUT2D eigenvalue weighted by Crippen LogP contribution is -2.17. The van der Waals surface area contributed by atoms with Gasteiger partial charge in [-0.05, 0) is 35.0 Å². The number of rotatable bonds is 6. The molecule has 3 aromatic rings. The molecule has 0 fully saturated rings. The summed E-state index contributed by atoms with van der Waals surface area (Å²) in [5, 5.41) is 15.4. The van der Waals surface area contributed by atoms with Crippen LogP contribution in [0, 0.1) is 4.91 Å². The SMILES string of the molecule is O=Nc1c(C(Nc2ccccn2)c2ccc3c(c2)OCO3)oc(CO)cc1=O. The number of benzene rings is 1. The molecule has 0 spiro atoms. The van der Waals surface area contributed by atoms with Crippen LogP contribution in [-0.2, 0) is 6.61 Å². The number of fused-ring (bicyclic) bond motifs is 1. The van der Waals surface area contributed by atoms with Crippen molar-refractivity contribution in [2.24, 2.45) is 5.18 Å². The summed E-state index contributed by atoms with van der Waals surface area (Å²) in [7, 11) is 0. The summed E-state index contributed by atoms with van der Waals surface area (Å²) < 4.78 is 16.4. The summed E-state index contributed by atoms with van der Waals surface area (Å²) in [5.41, 5.74) is -0.407. The maximum Gasteiger partial charge on any atom is 0.231 e. The minimum Gasteiger partial charge on any atom is -0.458 e. The van der Waals surface area contributed by atoms with Gasteiger partial charge in [0, 0.05) is 12.3 Å². The van der Waals surface area contributed by atoms with Crippen molar-refractivity contribution in [1.29, 1.82) is 0 Å². The van der Waals surface area contributed by atoms with Crippen molar-refractivity contribution >= 4 is 11.5 Å². The second kappa shape index (κ2) is 7.49. The number of nitroso groups, excluding NO2 is 1. The summed E-state index contributed by atoms with van der Waals surface area (Å²) in [6, 6.07) is 10.7. The molecule has 9 nitrogen and oxygen atoms in total. The van der Waals surface area contributed by atoms with Gasteiger partial charge in [-0.3, -0.25) is 4.79 Å². The fraction of sp³-hybridized carbons (Fsp3) is 0.158.